The Kier molecular flexibility index (Phi) is 1.88. The van der Waals surface area contributed by atoms with E-state index in [1.807, 2.05) is 0 Å². The van der Waals surface area contributed by atoms with Crippen molar-refractivity contribution in [1.82, 2.24) is 0 Å². The maximum absolute atomic E-state index is 2.59. The van der Waals surface area contributed by atoms with Crippen molar-refractivity contribution in [2.24, 2.45) is 28.1 Å². The molecule has 0 nitrogen and oxygen atoms in total. The Morgan fingerprint density at radius 2 is 1.81 bits per heavy atom. The smallest absolute Gasteiger partial charge is 0.00870 e. The molecule has 4 bridgehead atoms. The fourth-order valence-corrected chi connectivity index (χ4v) is 5.97. The van der Waals surface area contributed by atoms with E-state index < -0.39 is 0 Å². The summed E-state index contributed by atoms with van der Waals surface area (Å²) in [6.07, 6.45) is 8.21. The Labute approximate surface area is 101 Å². The fourth-order valence-electron chi connectivity index (χ4n) is 5.97. The Hall–Kier alpha value is -0.260. The first-order valence-electron chi connectivity index (χ1n) is 7.01. The maximum Gasteiger partial charge on any atom is -0.00870 e. The highest BCUT2D eigenvalue weighted by molar-refractivity contribution is 5.32. The van der Waals surface area contributed by atoms with Crippen LogP contribution in [0.3, 0.4) is 0 Å². The van der Waals surface area contributed by atoms with Gasteiger partial charge in [0.05, 0.1) is 0 Å². The van der Waals surface area contributed by atoms with Crippen molar-refractivity contribution in [2.75, 3.05) is 0 Å². The number of allylic oxidation sites excluding steroid dienone is 2. The summed E-state index contributed by atoms with van der Waals surface area (Å²) < 4.78 is 0. The zero-order chi connectivity index (χ0) is 11.8. The zero-order valence-corrected chi connectivity index (χ0v) is 11.6. The van der Waals surface area contributed by atoms with Crippen LogP contribution in [0.4, 0.5) is 0 Å². The molecule has 4 rings (SSSR count). The summed E-state index contributed by atoms with van der Waals surface area (Å²) >= 11 is 0. The largest absolute Gasteiger partial charge is 0.0850 e. The maximum atomic E-state index is 2.59. The summed E-state index contributed by atoms with van der Waals surface area (Å²) in [5, 5.41) is 0. The summed E-state index contributed by atoms with van der Waals surface area (Å²) in [5.41, 5.74) is 3.45. The molecule has 4 aliphatic carbocycles. The van der Waals surface area contributed by atoms with Gasteiger partial charge >= 0.3 is 0 Å². The van der Waals surface area contributed by atoms with Crippen LogP contribution in [0.2, 0.25) is 0 Å². The van der Waals surface area contributed by atoms with Crippen LogP contribution in [0.5, 0.6) is 0 Å². The molecule has 0 N–H and O–H groups in total. The van der Waals surface area contributed by atoms with Crippen LogP contribution in [-0.2, 0) is 0 Å². The standard InChI is InChI=1S/C16H26/c1-11-7-8-12-15(4)10-6-9-14(2,3)16(12,5)13(11)15/h7,12-13H,6,8-10H2,1-5H3/t12?,13?,15-,16+/m0/s1. The Morgan fingerprint density at radius 3 is 2.44 bits per heavy atom. The van der Waals surface area contributed by atoms with E-state index in [4.69, 9.17) is 0 Å². The van der Waals surface area contributed by atoms with Gasteiger partial charge in [-0.2, -0.15) is 0 Å². The Bertz CT molecular complexity index is 362. The highest BCUT2D eigenvalue weighted by Crippen LogP contribution is 2.78. The monoisotopic (exact) mass is 218 g/mol. The second-order valence-electron chi connectivity index (χ2n) is 7.70. The van der Waals surface area contributed by atoms with Gasteiger partial charge < -0.3 is 0 Å². The molecule has 0 radical (unpaired) electrons. The highest BCUT2D eigenvalue weighted by Gasteiger charge is 2.72. The van der Waals surface area contributed by atoms with Crippen molar-refractivity contribution in [2.45, 2.75) is 60.3 Å². The lowest BCUT2D eigenvalue weighted by Crippen LogP contribution is -2.67. The van der Waals surface area contributed by atoms with Gasteiger partial charge in [-0.25, -0.2) is 0 Å². The second-order valence-corrected chi connectivity index (χ2v) is 7.70. The molecule has 4 aliphatic rings. The molecular formula is C16H26. The van der Waals surface area contributed by atoms with E-state index in [-0.39, 0.29) is 0 Å². The van der Waals surface area contributed by atoms with E-state index in [2.05, 4.69) is 40.7 Å². The van der Waals surface area contributed by atoms with Crippen LogP contribution < -0.4 is 0 Å². The topological polar surface area (TPSA) is 0 Å². The third-order valence-corrected chi connectivity index (χ3v) is 6.89. The Morgan fingerprint density at radius 1 is 1.12 bits per heavy atom. The van der Waals surface area contributed by atoms with Gasteiger partial charge in [-0.3, -0.25) is 0 Å². The summed E-state index contributed by atoms with van der Waals surface area (Å²) in [7, 11) is 0. The molecule has 4 atom stereocenters. The minimum Gasteiger partial charge on any atom is -0.0850 e. The molecule has 0 aromatic heterocycles. The molecule has 16 heavy (non-hydrogen) atoms. The molecule has 2 unspecified atom stereocenters. The predicted octanol–water partition coefficient (Wildman–Crippen LogP) is 4.81. The van der Waals surface area contributed by atoms with Crippen molar-refractivity contribution >= 4 is 0 Å². The van der Waals surface area contributed by atoms with Gasteiger partial charge in [0, 0.05) is 0 Å². The first-order chi connectivity index (χ1) is 7.34. The SMILES string of the molecule is CC1=CCC2[C@]3(C)CCCC(C)(C)[C@@]2(C)C13. The minimum atomic E-state index is 0.536. The number of fused-ring (bicyclic) bond motifs is 1. The molecule has 90 valence electrons. The molecule has 0 saturated heterocycles. The molecule has 0 aromatic rings. The van der Waals surface area contributed by atoms with E-state index in [0.717, 1.165) is 11.8 Å². The lowest BCUT2D eigenvalue weighted by molar-refractivity contribution is -0.217. The summed E-state index contributed by atoms with van der Waals surface area (Å²) in [6, 6.07) is 0. The van der Waals surface area contributed by atoms with Gasteiger partial charge in [0.1, 0.15) is 0 Å². The third kappa shape index (κ3) is 0.901. The number of hydrogen-bond acceptors (Lipinski definition) is 0. The highest BCUT2D eigenvalue weighted by atomic mass is 14.8. The van der Waals surface area contributed by atoms with Crippen molar-refractivity contribution in [1.29, 1.82) is 0 Å². The van der Waals surface area contributed by atoms with Gasteiger partial charge in [-0.15, -0.1) is 0 Å². The van der Waals surface area contributed by atoms with Crippen molar-refractivity contribution in [3.05, 3.63) is 11.6 Å². The van der Waals surface area contributed by atoms with Crippen LogP contribution in [-0.4, -0.2) is 0 Å². The van der Waals surface area contributed by atoms with E-state index in [1.54, 1.807) is 5.57 Å². The number of hydrogen-bond donors (Lipinski definition) is 0. The molecule has 0 heterocycles. The molecule has 0 amide bonds. The lowest BCUT2D eigenvalue weighted by atomic mass is 9.31. The van der Waals surface area contributed by atoms with Crippen LogP contribution in [0, 0.1) is 28.1 Å². The molecule has 2 saturated carbocycles. The Balaban J connectivity index is 2.15. The van der Waals surface area contributed by atoms with Gasteiger partial charge in [0.15, 0.2) is 0 Å². The molecule has 2 fully saturated rings. The lowest BCUT2D eigenvalue weighted by Gasteiger charge is -2.73. The van der Waals surface area contributed by atoms with E-state index in [9.17, 15) is 0 Å². The third-order valence-electron chi connectivity index (χ3n) is 6.89. The van der Waals surface area contributed by atoms with Gasteiger partial charge in [0.25, 0.3) is 0 Å². The first kappa shape index (κ1) is 10.9. The average molecular weight is 218 g/mol. The fraction of sp³-hybridized carbons (Fsp3) is 0.875. The van der Waals surface area contributed by atoms with E-state index in [0.29, 0.717) is 16.2 Å². The minimum absolute atomic E-state index is 0.536. The van der Waals surface area contributed by atoms with E-state index in [1.165, 1.54) is 25.7 Å². The molecule has 0 aliphatic heterocycles. The van der Waals surface area contributed by atoms with Crippen LogP contribution >= 0.6 is 0 Å². The quantitative estimate of drug-likeness (QED) is 0.512. The number of rotatable bonds is 0. The average Bonchev–Trinajstić information content (AvgIpc) is 2.28. The summed E-state index contributed by atoms with van der Waals surface area (Å²) in [6.45, 7) is 12.6. The second kappa shape index (κ2) is 2.76. The first-order valence-corrected chi connectivity index (χ1v) is 7.01. The van der Waals surface area contributed by atoms with Gasteiger partial charge in [0.2, 0.25) is 0 Å². The molecule has 0 aromatic carbocycles. The normalized spacial score (nSPS) is 53.7. The van der Waals surface area contributed by atoms with Crippen molar-refractivity contribution in [3.63, 3.8) is 0 Å². The van der Waals surface area contributed by atoms with Gasteiger partial charge in [-0.05, 0) is 54.3 Å². The molecular weight excluding hydrogens is 192 g/mol. The summed E-state index contributed by atoms with van der Waals surface area (Å²) in [5.74, 6) is 1.82. The predicted molar refractivity (Wildman–Crippen MR) is 69.2 cm³/mol. The van der Waals surface area contributed by atoms with Crippen LogP contribution in [0.25, 0.3) is 0 Å². The molecule has 0 spiro atoms. The van der Waals surface area contributed by atoms with E-state index >= 15 is 0 Å². The molecule has 0 heteroatoms. The van der Waals surface area contributed by atoms with Crippen LogP contribution in [0.15, 0.2) is 11.6 Å². The van der Waals surface area contributed by atoms with Gasteiger partial charge in [-0.1, -0.05) is 45.8 Å². The van der Waals surface area contributed by atoms with Crippen molar-refractivity contribution in [3.8, 4) is 0 Å². The van der Waals surface area contributed by atoms with Crippen LogP contribution in [0.1, 0.15) is 60.3 Å². The summed E-state index contributed by atoms with van der Waals surface area (Å²) in [4.78, 5) is 0. The zero-order valence-electron chi connectivity index (χ0n) is 11.6. The van der Waals surface area contributed by atoms with Crippen molar-refractivity contribution < 1.29 is 0 Å².